The zero-order valence-electron chi connectivity index (χ0n) is 11.2. The molecule has 1 aromatic carbocycles. The van der Waals surface area contributed by atoms with Gasteiger partial charge in [0.25, 0.3) is 5.78 Å². The summed E-state index contributed by atoms with van der Waals surface area (Å²) >= 11 is 0. The van der Waals surface area contributed by atoms with Crippen LogP contribution in [0, 0.1) is 20.8 Å². The maximum atomic E-state index is 5.85. The van der Waals surface area contributed by atoms with E-state index in [2.05, 4.69) is 15.2 Å². The van der Waals surface area contributed by atoms with Crippen LogP contribution in [-0.2, 0) is 0 Å². The van der Waals surface area contributed by atoms with Crippen molar-refractivity contribution in [1.29, 1.82) is 0 Å². The van der Waals surface area contributed by atoms with Crippen LogP contribution >= 0.6 is 0 Å². The Kier molecular flexibility index (Phi) is 2.48. The van der Waals surface area contributed by atoms with Gasteiger partial charge in [-0.25, -0.2) is 4.98 Å². The van der Waals surface area contributed by atoms with E-state index in [1.165, 1.54) is 0 Å². The van der Waals surface area contributed by atoms with Gasteiger partial charge < -0.3 is 5.73 Å². The van der Waals surface area contributed by atoms with Crippen LogP contribution in [0.2, 0.25) is 0 Å². The molecule has 0 atom stereocenters. The number of fused-ring (bicyclic) bond motifs is 1. The number of nitrogen functional groups attached to an aromatic ring is 1. The van der Waals surface area contributed by atoms with Gasteiger partial charge in [0, 0.05) is 22.6 Å². The van der Waals surface area contributed by atoms with E-state index in [0.29, 0.717) is 5.78 Å². The van der Waals surface area contributed by atoms with E-state index >= 15 is 0 Å². The molecule has 0 aliphatic rings. The smallest absolute Gasteiger partial charge is 0.255 e. The second-order valence-electron chi connectivity index (χ2n) is 4.77. The monoisotopic (exact) mass is 253 g/mol. The SMILES string of the molecule is Cc1cc(C)n2c(-c3ccc(N)c(C)c3)nnc2n1. The number of hydrogen-bond donors (Lipinski definition) is 1. The first-order valence-electron chi connectivity index (χ1n) is 6.12. The highest BCUT2D eigenvalue weighted by atomic mass is 15.3. The number of aryl methyl sites for hydroxylation is 3. The summed E-state index contributed by atoms with van der Waals surface area (Å²) in [5.74, 6) is 1.42. The molecule has 2 aromatic heterocycles. The molecule has 0 radical (unpaired) electrons. The summed E-state index contributed by atoms with van der Waals surface area (Å²) in [6.45, 7) is 5.96. The molecule has 5 nitrogen and oxygen atoms in total. The average molecular weight is 253 g/mol. The van der Waals surface area contributed by atoms with Gasteiger partial charge in [0.05, 0.1) is 0 Å². The molecule has 3 aromatic rings. The lowest BCUT2D eigenvalue weighted by Crippen LogP contribution is -1.99. The maximum Gasteiger partial charge on any atom is 0.255 e. The highest BCUT2D eigenvalue weighted by Gasteiger charge is 2.12. The summed E-state index contributed by atoms with van der Waals surface area (Å²) < 4.78 is 1.96. The Morgan fingerprint density at radius 2 is 1.84 bits per heavy atom. The van der Waals surface area contributed by atoms with Crippen LogP contribution in [-0.4, -0.2) is 19.6 Å². The van der Waals surface area contributed by atoms with Crippen molar-refractivity contribution < 1.29 is 0 Å². The van der Waals surface area contributed by atoms with Crippen LogP contribution < -0.4 is 5.73 Å². The molecule has 19 heavy (non-hydrogen) atoms. The molecule has 0 saturated carbocycles. The zero-order valence-corrected chi connectivity index (χ0v) is 11.2. The Bertz CT molecular complexity index is 773. The van der Waals surface area contributed by atoms with Gasteiger partial charge in [-0.05, 0) is 50.6 Å². The van der Waals surface area contributed by atoms with Gasteiger partial charge in [-0.3, -0.25) is 4.40 Å². The van der Waals surface area contributed by atoms with Crippen LogP contribution in [0.1, 0.15) is 17.0 Å². The van der Waals surface area contributed by atoms with E-state index in [0.717, 1.165) is 34.0 Å². The Balaban J connectivity index is 2.28. The van der Waals surface area contributed by atoms with Crippen molar-refractivity contribution in [3.63, 3.8) is 0 Å². The van der Waals surface area contributed by atoms with Crippen LogP contribution in [0.3, 0.4) is 0 Å². The first-order valence-corrected chi connectivity index (χ1v) is 6.12. The molecule has 3 rings (SSSR count). The molecule has 0 amide bonds. The van der Waals surface area contributed by atoms with E-state index in [1.54, 1.807) is 0 Å². The topological polar surface area (TPSA) is 69.1 Å². The number of nitrogens with zero attached hydrogens (tertiary/aromatic N) is 4. The molecule has 0 aliphatic heterocycles. The fourth-order valence-electron chi connectivity index (χ4n) is 2.23. The van der Waals surface area contributed by atoms with Crippen molar-refractivity contribution in [2.45, 2.75) is 20.8 Å². The van der Waals surface area contributed by atoms with Gasteiger partial charge in [-0.15, -0.1) is 10.2 Å². The minimum absolute atomic E-state index is 0.627. The van der Waals surface area contributed by atoms with Crippen molar-refractivity contribution in [2.75, 3.05) is 5.73 Å². The van der Waals surface area contributed by atoms with Crippen molar-refractivity contribution in [1.82, 2.24) is 19.6 Å². The lowest BCUT2D eigenvalue weighted by atomic mass is 10.1. The Morgan fingerprint density at radius 1 is 1.05 bits per heavy atom. The van der Waals surface area contributed by atoms with Gasteiger partial charge in [0.15, 0.2) is 5.82 Å². The first-order chi connectivity index (χ1) is 9.06. The second-order valence-corrected chi connectivity index (χ2v) is 4.77. The summed E-state index contributed by atoms with van der Waals surface area (Å²) in [4.78, 5) is 4.39. The third-order valence-corrected chi connectivity index (χ3v) is 3.22. The molecule has 0 fully saturated rings. The van der Waals surface area contributed by atoms with E-state index < -0.39 is 0 Å². The largest absolute Gasteiger partial charge is 0.399 e. The molecule has 0 spiro atoms. The minimum atomic E-state index is 0.627. The number of rotatable bonds is 1. The van der Waals surface area contributed by atoms with Gasteiger partial charge in [0.1, 0.15) is 0 Å². The van der Waals surface area contributed by atoms with Gasteiger partial charge in [-0.1, -0.05) is 0 Å². The summed E-state index contributed by atoms with van der Waals surface area (Å²) in [5, 5.41) is 8.39. The van der Waals surface area contributed by atoms with E-state index in [4.69, 9.17) is 5.73 Å². The number of hydrogen-bond acceptors (Lipinski definition) is 4. The third kappa shape index (κ3) is 1.83. The van der Waals surface area contributed by atoms with Crippen LogP contribution in [0.5, 0.6) is 0 Å². The Labute approximate surface area is 111 Å². The predicted octanol–water partition coefficient (Wildman–Crippen LogP) is 2.30. The van der Waals surface area contributed by atoms with Gasteiger partial charge in [0.2, 0.25) is 0 Å². The fraction of sp³-hybridized carbons (Fsp3) is 0.214. The summed E-state index contributed by atoms with van der Waals surface area (Å²) in [6, 6.07) is 7.88. The third-order valence-electron chi connectivity index (χ3n) is 3.22. The Hall–Kier alpha value is -2.43. The molecule has 0 bridgehead atoms. The highest BCUT2D eigenvalue weighted by molar-refractivity contribution is 5.64. The molecular weight excluding hydrogens is 238 g/mol. The highest BCUT2D eigenvalue weighted by Crippen LogP contribution is 2.23. The lowest BCUT2D eigenvalue weighted by Gasteiger charge is -2.06. The van der Waals surface area contributed by atoms with Crippen molar-refractivity contribution in [3.8, 4) is 11.4 Å². The normalized spacial score (nSPS) is 11.1. The van der Waals surface area contributed by atoms with Crippen LogP contribution in [0.25, 0.3) is 17.2 Å². The number of anilines is 1. The van der Waals surface area contributed by atoms with E-state index in [-0.39, 0.29) is 0 Å². The average Bonchev–Trinajstić information content (AvgIpc) is 2.76. The lowest BCUT2D eigenvalue weighted by molar-refractivity contribution is 1.02. The van der Waals surface area contributed by atoms with Crippen molar-refractivity contribution in [2.24, 2.45) is 0 Å². The molecule has 2 heterocycles. The molecular formula is C14H15N5. The molecule has 2 N–H and O–H groups in total. The van der Waals surface area contributed by atoms with E-state index in [9.17, 15) is 0 Å². The van der Waals surface area contributed by atoms with Gasteiger partial charge in [-0.2, -0.15) is 0 Å². The minimum Gasteiger partial charge on any atom is -0.399 e. The second kappa shape index (κ2) is 4.05. The van der Waals surface area contributed by atoms with Crippen LogP contribution in [0.4, 0.5) is 5.69 Å². The number of aromatic nitrogens is 4. The number of nitrogens with two attached hydrogens (primary N) is 1. The molecule has 96 valence electrons. The summed E-state index contributed by atoms with van der Waals surface area (Å²) in [5.41, 5.74) is 10.7. The fourth-order valence-corrected chi connectivity index (χ4v) is 2.23. The summed E-state index contributed by atoms with van der Waals surface area (Å²) in [7, 11) is 0. The predicted molar refractivity (Wildman–Crippen MR) is 74.8 cm³/mol. The molecule has 5 heteroatoms. The van der Waals surface area contributed by atoms with Crippen molar-refractivity contribution in [3.05, 3.63) is 41.2 Å². The standard InChI is InChI=1S/C14H15N5/c1-8-6-11(4-5-12(8)15)13-17-18-14-16-9(2)7-10(3)19(13)14/h4-7H,15H2,1-3H3. The summed E-state index contributed by atoms with van der Waals surface area (Å²) in [6.07, 6.45) is 0. The van der Waals surface area contributed by atoms with Gasteiger partial charge >= 0.3 is 0 Å². The number of benzene rings is 1. The molecule has 0 unspecified atom stereocenters. The van der Waals surface area contributed by atoms with Crippen LogP contribution in [0.15, 0.2) is 24.3 Å². The molecule has 0 aliphatic carbocycles. The van der Waals surface area contributed by atoms with E-state index in [1.807, 2.05) is 49.4 Å². The Morgan fingerprint density at radius 3 is 2.58 bits per heavy atom. The molecule has 0 saturated heterocycles. The quantitative estimate of drug-likeness (QED) is 0.676. The first kappa shape index (κ1) is 11.6. The maximum absolute atomic E-state index is 5.85. The van der Waals surface area contributed by atoms with Crippen molar-refractivity contribution >= 4 is 11.5 Å². The zero-order chi connectivity index (χ0) is 13.6.